The summed E-state index contributed by atoms with van der Waals surface area (Å²) in [6, 6.07) is 7.47. The molecule has 1 aliphatic heterocycles. The number of pyridine rings is 1. The van der Waals surface area contributed by atoms with Crippen LogP contribution >= 0.6 is 11.6 Å². The summed E-state index contributed by atoms with van der Waals surface area (Å²) in [6.45, 7) is 2.68. The summed E-state index contributed by atoms with van der Waals surface area (Å²) < 4.78 is 0. The zero-order chi connectivity index (χ0) is 15.9. The molecule has 0 radical (unpaired) electrons. The lowest BCUT2D eigenvalue weighted by molar-refractivity contribution is -0.146. The molecule has 1 aliphatic rings. The highest BCUT2D eigenvalue weighted by Gasteiger charge is 2.41. The molecule has 1 aromatic carbocycles. The van der Waals surface area contributed by atoms with Crippen molar-refractivity contribution < 1.29 is 9.90 Å². The smallest absolute Gasteiger partial charge is 0.311 e. The molecule has 22 heavy (non-hydrogen) atoms. The van der Waals surface area contributed by atoms with Crippen LogP contribution in [0, 0.1) is 16.7 Å². The third kappa shape index (κ3) is 2.26. The molecule has 6 heteroatoms. The zero-order valence-corrected chi connectivity index (χ0v) is 12.8. The number of carboxylic acids is 1. The van der Waals surface area contributed by atoms with Gasteiger partial charge >= 0.3 is 5.97 Å². The Morgan fingerprint density at radius 1 is 1.55 bits per heavy atom. The number of carboxylic acid groups (broad SMARTS) is 1. The Hall–Kier alpha value is -2.32. The van der Waals surface area contributed by atoms with Crippen LogP contribution in [-0.4, -0.2) is 29.1 Å². The van der Waals surface area contributed by atoms with E-state index in [0.717, 1.165) is 16.6 Å². The Morgan fingerprint density at radius 2 is 2.32 bits per heavy atom. The minimum atomic E-state index is -0.815. The summed E-state index contributed by atoms with van der Waals surface area (Å²) in [5.41, 5.74) is 1.09. The van der Waals surface area contributed by atoms with Gasteiger partial charge in [-0.1, -0.05) is 11.6 Å². The molecule has 0 amide bonds. The number of benzene rings is 1. The largest absolute Gasteiger partial charge is 0.481 e. The molecule has 0 aliphatic carbocycles. The van der Waals surface area contributed by atoms with Crippen molar-refractivity contribution in [3.05, 3.63) is 35.0 Å². The van der Waals surface area contributed by atoms with E-state index in [4.69, 9.17) is 11.6 Å². The number of hydrogen-bond acceptors (Lipinski definition) is 4. The number of rotatable bonds is 2. The van der Waals surface area contributed by atoms with Crippen LogP contribution in [0.5, 0.6) is 0 Å². The topological polar surface area (TPSA) is 77.2 Å². The maximum Gasteiger partial charge on any atom is 0.311 e. The van der Waals surface area contributed by atoms with Gasteiger partial charge in [-0.15, -0.1) is 0 Å². The van der Waals surface area contributed by atoms with E-state index in [9.17, 15) is 15.2 Å². The fraction of sp³-hybridized carbons (Fsp3) is 0.312. The molecule has 5 nitrogen and oxygen atoms in total. The van der Waals surface area contributed by atoms with E-state index < -0.39 is 11.4 Å². The molecule has 1 aromatic heterocycles. The van der Waals surface area contributed by atoms with E-state index in [2.05, 4.69) is 11.1 Å². The highest BCUT2D eigenvalue weighted by atomic mass is 35.5. The van der Waals surface area contributed by atoms with Crippen molar-refractivity contribution in [3.8, 4) is 6.07 Å². The van der Waals surface area contributed by atoms with Gasteiger partial charge in [-0.3, -0.25) is 9.78 Å². The maximum atomic E-state index is 11.4. The first-order chi connectivity index (χ1) is 10.4. The molecule has 3 rings (SSSR count). The summed E-state index contributed by atoms with van der Waals surface area (Å²) in [5, 5.41) is 20.1. The monoisotopic (exact) mass is 315 g/mol. The lowest BCUT2D eigenvalue weighted by Crippen LogP contribution is -2.32. The van der Waals surface area contributed by atoms with E-state index in [1.54, 1.807) is 25.1 Å². The van der Waals surface area contributed by atoms with Crippen molar-refractivity contribution in [1.82, 2.24) is 4.98 Å². The Balaban J connectivity index is 2.16. The predicted octanol–water partition coefficient (Wildman–Crippen LogP) is 3.06. The third-order valence-corrected chi connectivity index (χ3v) is 4.46. The molecule has 1 saturated heterocycles. The zero-order valence-electron chi connectivity index (χ0n) is 12.0. The second kappa shape index (κ2) is 5.15. The fourth-order valence-electron chi connectivity index (χ4n) is 2.90. The van der Waals surface area contributed by atoms with Gasteiger partial charge in [-0.25, -0.2) is 0 Å². The van der Waals surface area contributed by atoms with Crippen LogP contribution < -0.4 is 4.90 Å². The molecular formula is C16H14ClN3O2. The van der Waals surface area contributed by atoms with Gasteiger partial charge in [-0.2, -0.15) is 5.26 Å². The molecule has 1 unspecified atom stereocenters. The number of nitriles is 1. The average molecular weight is 316 g/mol. The van der Waals surface area contributed by atoms with Crippen LogP contribution in [0.3, 0.4) is 0 Å². The summed E-state index contributed by atoms with van der Waals surface area (Å²) in [5.74, 6) is -0.815. The first kappa shape index (κ1) is 14.6. The van der Waals surface area contributed by atoms with Crippen molar-refractivity contribution in [1.29, 1.82) is 5.26 Å². The summed E-state index contributed by atoms with van der Waals surface area (Å²) in [6.07, 6.45) is 2.07. The number of nitrogens with zero attached hydrogens (tertiary/aromatic N) is 3. The third-order valence-electron chi connectivity index (χ3n) is 4.23. The van der Waals surface area contributed by atoms with Crippen LogP contribution in [-0.2, 0) is 4.79 Å². The lowest BCUT2D eigenvalue weighted by atomic mass is 9.90. The van der Waals surface area contributed by atoms with E-state index in [-0.39, 0.29) is 0 Å². The van der Waals surface area contributed by atoms with Gasteiger partial charge in [0.2, 0.25) is 0 Å². The van der Waals surface area contributed by atoms with Gasteiger partial charge in [0.05, 0.1) is 22.2 Å². The normalized spacial score (nSPS) is 21.0. The minimum Gasteiger partial charge on any atom is -0.481 e. The predicted molar refractivity (Wildman–Crippen MR) is 84.0 cm³/mol. The number of carbonyl (C=O) groups is 1. The van der Waals surface area contributed by atoms with Crippen molar-refractivity contribution in [2.24, 2.45) is 5.41 Å². The standard InChI is InChI=1S/C16H14ClN3O2/c1-16(15(21)22)4-5-20(9-16)14-10(7-18)8-19-13-3-2-11(17)6-12(13)14/h2-3,6,8H,4-5,9H2,1H3,(H,21,22). The van der Waals surface area contributed by atoms with Gasteiger partial charge in [0, 0.05) is 29.7 Å². The van der Waals surface area contributed by atoms with Gasteiger partial charge in [0.25, 0.3) is 0 Å². The van der Waals surface area contributed by atoms with Gasteiger partial charge in [-0.05, 0) is 31.5 Å². The number of aromatic nitrogens is 1. The van der Waals surface area contributed by atoms with Gasteiger partial charge < -0.3 is 10.0 Å². The fourth-order valence-corrected chi connectivity index (χ4v) is 3.07. The first-order valence-corrected chi connectivity index (χ1v) is 7.29. The highest BCUT2D eigenvalue weighted by molar-refractivity contribution is 6.31. The summed E-state index contributed by atoms with van der Waals surface area (Å²) >= 11 is 6.08. The number of fused-ring (bicyclic) bond motifs is 1. The van der Waals surface area contributed by atoms with E-state index in [0.29, 0.717) is 30.1 Å². The Kier molecular flexibility index (Phi) is 3.42. The first-order valence-electron chi connectivity index (χ1n) is 6.91. The van der Waals surface area contributed by atoms with E-state index in [1.165, 1.54) is 6.20 Å². The highest BCUT2D eigenvalue weighted by Crippen LogP contribution is 2.38. The van der Waals surface area contributed by atoms with Crippen molar-refractivity contribution in [2.45, 2.75) is 13.3 Å². The van der Waals surface area contributed by atoms with Crippen LogP contribution in [0.2, 0.25) is 5.02 Å². The number of hydrogen-bond donors (Lipinski definition) is 1. The molecule has 112 valence electrons. The summed E-state index contributed by atoms with van der Waals surface area (Å²) in [7, 11) is 0. The number of halogens is 1. The molecule has 1 atom stereocenters. The van der Waals surface area contributed by atoms with Crippen LogP contribution in [0.25, 0.3) is 10.9 Å². The number of aliphatic carboxylic acids is 1. The Labute approximate surface area is 132 Å². The molecule has 0 spiro atoms. The van der Waals surface area contributed by atoms with Crippen molar-refractivity contribution in [2.75, 3.05) is 18.0 Å². The van der Waals surface area contributed by atoms with E-state index >= 15 is 0 Å². The SMILES string of the molecule is CC1(C(=O)O)CCN(c2c(C#N)cnc3ccc(Cl)cc23)C1. The Bertz CT molecular complexity index is 815. The lowest BCUT2D eigenvalue weighted by Gasteiger charge is -2.24. The molecule has 1 N–H and O–H groups in total. The molecule has 0 bridgehead atoms. The van der Waals surface area contributed by atoms with Gasteiger partial charge in [0.15, 0.2) is 0 Å². The van der Waals surface area contributed by atoms with Crippen LogP contribution in [0.15, 0.2) is 24.4 Å². The second-order valence-electron chi connectivity index (χ2n) is 5.83. The quantitative estimate of drug-likeness (QED) is 0.921. The van der Waals surface area contributed by atoms with Gasteiger partial charge in [0.1, 0.15) is 6.07 Å². The molecular weight excluding hydrogens is 302 g/mol. The maximum absolute atomic E-state index is 11.4. The summed E-state index contributed by atoms with van der Waals surface area (Å²) in [4.78, 5) is 17.7. The van der Waals surface area contributed by atoms with Crippen molar-refractivity contribution in [3.63, 3.8) is 0 Å². The van der Waals surface area contributed by atoms with Crippen molar-refractivity contribution >= 4 is 34.2 Å². The average Bonchev–Trinajstić information content (AvgIpc) is 2.89. The molecule has 2 heterocycles. The Morgan fingerprint density at radius 3 is 2.95 bits per heavy atom. The number of anilines is 1. The van der Waals surface area contributed by atoms with E-state index in [1.807, 2.05) is 4.90 Å². The van der Waals surface area contributed by atoms with Crippen LogP contribution in [0.4, 0.5) is 5.69 Å². The molecule has 0 saturated carbocycles. The molecule has 1 fully saturated rings. The van der Waals surface area contributed by atoms with Crippen LogP contribution in [0.1, 0.15) is 18.9 Å². The second-order valence-corrected chi connectivity index (χ2v) is 6.27. The molecule has 2 aromatic rings. The minimum absolute atomic E-state index is 0.364.